The molecule has 20 heavy (non-hydrogen) atoms. The first-order valence-electron chi connectivity index (χ1n) is 8.95. The number of rotatable bonds is 1. The van der Waals surface area contributed by atoms with Gasteiger partial charge in [-0.05, 0) is 70.4 Å². The van der Waals surface area contributed by atoms with Crippen LogP contribution in [0.25, 0.3) is 0 Å². The maximum absolute atomic E-state index is 2.58. The molecule has 0 aromatic rings. The van der Waals surface area contributed by atoms with Crippen molar-refractivity contribution in [2.75, 3.05) is 33.2 Å². The highest BCUT2D eigenvalue weighted by Gasteiger charge is 2.47. The van der Waals surface area contributed by atoms with Crippen molar-refractivity contribution in [3.8, 4) is 0 Å². The lowest BCUT2D eigenvalue weighted by atomic mass is 9.63. The van der Waals surface area contributed by atoms with Crippen LogP contribution in [-0.2, 0) is 0 Å². The first-order chi connectivity index (χ1) is 9.53. The Morgan fingerprint density at radius 3 is 1.65 bits per heavy atom. The second-order valence-corrected chi connectivity index (χ2v) is 7.84. The van der Waals surface area contributed by atoms with Gasteiger partial charge in [0, 0.05) is 25.7 Å². The third kappa shape index (κ3) is 3.57. The van der Waals surface area contributed by atoms with Crippen molar-refractivity contribution in [3.05, 3.63) is 0 Å². The van der Waals surface area contributed by atoms with Gasteiger partial charge in [-0.15, -0.1) is 0 Å². The van der Waals surface area contributed by atoms with Gasteiger partial charge in [-0.3, -0.25) is 4.90 Å². The molecule has 0 unspecified atom stereocenters. The highest BCUT2D eigenvalue weighted by atomic mass is 15.2. The third-order valence-electron chi connectivity index (χ3n) is 5.81. The Labute approximate surface area is 126 Å². The molecule has 0 aromatic heterocycles. The molecule has 2 saturated carbocycles. The van der Waals surface area contributed by atoms with Crippen LogP contribution in [0, 0.1) is 10.8 Å². The normalized spacial score (nSPS) is 29.1. The molecule has 0 bridgehead atoms. The lowest BCUT2D eigenvalue weighted by Crippen LogP contribution is -2.61. The molecular formula is C18H36N2. The lowest BCUT2D eigenvalue weighted by Gasteiger charge is -2.57. The van der Waals surface area contributed by atoms with E-state index in [0.29, 0.717) is 0 Å². The van der Waals surface area contributed by atoms with Crippen molar-refractivity contribution < 1.29 is 0 Å². The summed E-state index contributed by atoms with van der Waals surface area (Å²) in [6, 6.07) is 0.784. The summed E-state index contributed by atoms with van der Waals surface area (Å²) >= 11 is 0. The molecule has 2 aliphatic carbocycles. The first kappa shape index (κ1) is 16.3. The van der Waals surface area contributed by atoms with Crippen LogP contribution in [0.2, 0.25) is 0 Å². The van der Waals surface area contributed by atoms with Crippen molar-refractivity contribution in [2.24, 2.45) is 10.8 Å². The highest BCUT2D eigenvalue weighted by Crippen LogP contribution is 2.52. The molecule has 2 saturated heterocycles. The molecule has 4 fully saturated rings. The molecule has 2 nitrogen and oxygen atoms in total. The number of hydrogen-bond donors (Lipinski definition) is 0. The summed E-state index contributed by atoms with van der Waals surface area (Å²) in [5.41, 5.74) is 1.67. The van der Waals surface area contributed by atoms with Crippen molar-refractivity contribution >= 4 is 0 Å². The van der Waals surface area contributed by atoms with Gasteiger partial charge in [-0.2, -0.15) is 0 Å². The van der Waals surface area contributed by atoms with E-state index in [1.807, 2.05) is 13.8 Å². The molecule has 0 aromatic carbocycles. The molecule has 0 atom stereocenters. The fraction of sp³-hybridized carbons (Fsp3) is 1.00. The van der Waals surface area contributed by atoms with Gasteiger partial charge in [-0.25, -0.2) is 0 Å². The SMILES string of the molecule is CC.CC(C)N1CC2(CCC2)C1.CN1CCC2(CC2)C1. The Kier molecular flexibility index (Phi) is 5.18. The van der Waals surface area contributed by atoms with E-state index in [0.717, 1.165) is 16.9 Å². The predicted molar refractivity (Wildman–Crippen MR) is 88.1 cm³/mol. The molecular weight excluding hydrogens is 244 g/mol. The average molecular weight is 280 g/mol. The topological polar surface area (TPSA) is 6.48 Å². The molecule has 4 aliphatic rings. The lowest BCUT2D eigenvalue weighted by molar-refractivity contribution is -0.0758. The zero-order valence-corrected chi connectivity index (χ0v) is 14.5. The quantitative estimate of drug-likeness (QED) is 0.716. The smallest absolute Gasteiger partial charge is 0.00532 e. The fourth-order valence-corrected chi connectivity index (χ4v) is 3.92. The first-order valence-corrected chi connectivity index (χ1v) is 8.95. The van der Waals surface area contributed by atoms with Gasteiger partial charge < -0.3 is 4.90 Å². The standard InChI is InChI=1S/C9H17N.C7H13N.C2H6/c1-8(2)10-6-9(7-10)4-3-5-9;1-8-5-4-7(6-8)2-3-7;1-2/h8H,3-7H2,1-2H3;2-6H2,1H3;1-2H3. The Hall–Kier alpha value is -0.0800. The molecule has 0 amide bonds. The van der Waals surface area contributed by atoms with Crippen LogP contribution >= 0.6 is 0 Å². The molecule has 2 heteroatoms. The number of hydrogen-bond acceptors (Lipinski definition) is 2. The summed E-state index contributed by atoms with van der Waals surface area (Å²) < 4.78 is 0. The van der Waals surface area contributed by atoms with Gasteiger partial charge in [0.25, 0.3) is 0 Å². The van der Waals surface area contributed by atoms with E-state index in [4.69, 9.17) is 0 Å². The third-order valence-corrected chi connectivity index (χ3v) is 5.81. The zero-order chi connectivity index (χ0) is 14.8. The average Bonchev–Trinajstić information content (AvgIpc) is 2.95. The second-order valence-electron chi connectivity index (χ2n) is 7.84. The van der Waals surface area contributed by atoms with Crippen molar-refractivity contribution in [1.82, 2.24) is 9.80 Å². The maximum atomic E-state index is 2.58. The highest BCUT2D eigenvalue weighted by molar-refractivity contribution is 5.01. The van der Waals surface area contributed by atoms with Crippen LogP contribution in [0.3, 0.4) is 0 Å². The summed E-state index contributed by atoms with van der Waals surface area (Å²) in [6.07, 6.45) is 9.01. The van der Waals surface area contributed by atoms with E-state index in [2.05, 4.69) is 30.7 Å². The van der Waals surface area contributed by atoms with Crippen molar-refractivity contribution in [3.63, 3.8) is 0 Å². The van der Waals surface area contributed by atoms with Crippen LogP contribution in [0.5, 0.6) is 0 Å². The van der Waals surface area contributed by atoms with Crippen LogP contribution in [0.15, 0.2) is 0 Å². The van der Waals surface area contributed by atoms with E-state index in [9.17, 15) is 0 Å². The van der Waals surface area contributed by atoms with E-state index in [-0.39, 0.29) is 0 Å². The van der Waals surface area contributed by atoms with E-state index in [1.54, 1.807) is 0 Å². The summed E-state index contributed by atoms with van der Waals surface area (Å²) in [6.45, 7) is 14.1. The van der Waals surface area contributed by atoms with Crippen LogP contribution in [0.1, 0.15) is 66.2 Å². The fourth-order valence-electron chi connectivity index (χ4n) is 3.92. The van der Waals surface area contributed by atoms with Gasteiger partial charge in [0.05, 0.1) is 0 Å². The number of nitrogens with zero attached hydrogens (tertiary/aromatic N) is 2. The Morgan fingerprint density at radius 1 is 0.800 bits per heavy atom. The summed E-state index contributed by atoms with van der Waals surface area (Å²) in [5, 5.41) is 0. The van der Waals surface area contributed by atoms with Crippen molar-refractivity contribution in [2.45, 2.75) is 72.3 Å². The van der Waals surface area contributed by atoms with E-state index in [1.165, 1.54) is 64.7 Å². The molecule has 4 rings (SSSR count). The number of likely N-dealkylation sites (tertiary alicyclic amines) is 2. The summed E-state index contributed by atoms with van der Waals surface area (Å²) in [4.78, 5) is 5.03. The van der Waals surface area contributed by atoms with Crippen LogP contribution in [0.4, 0.5) is 0 Å². The van der Waals surface area contributed by atoms with E-state index >= 15 is 0 Å². The molecule has 2 heterocycles. The van der Waals surface area contributed by atoms with Gasteiger partial charge >= 0.3 is 0 Å². The Bertz CT molecular complexity index is 295. The minimum absolute atomic E-state index is 0.784. The summed E-state index contributed by atoms with van der Waals surface area (Å²) in [7, 11) is 2.23. The Morgan fingerprint density at radius 2 is 1.40 bits per heavy atom. The van der Waals surface area contributed by atoms with Gasteiger partial charge in [-0.1, -0.05) is 20.3 Å². The monoisotopic (exact) mass is 280 g/mol. The Balaban J connectivity index is 0.000000133. The van der Waals surface area contributed by atoms with Crippen molar-refractivity contribution in [1.29, 1.82) is 0 Å². The largest absolute Gasteiger partial charge is 0.306 e. The molecule has 0 radical (unpaired) electrons. The molecule has 2 aliphatic heterocycles. The minimum Gasteiger partial charge on any atom is -0.306 e. The predicted octanol–water partition coefficient (Wildman–Crippen LogP) is 4.01. The maximum Gasteiger partial charge on any atom is 0.00532 e. The van der Waals surface area contributed by atoms with E-state index < -0.39 is 0 Å². The minimum atomic E-state index is 0.784. The van der Waals surface area contributed by atoms with Gasteiger partial charge in [0.1, 0.15) is 0 Å². The summed E-state index contributed by atoms with van der Waals surface area (Å²) in [5.74, 6) is 0. The second kappa shape index (κ2) is 6.36. The zero-order valence-electron chi connectivity index (χ0n) is 14.5. The van der Waals surface area contributed by atoms with Gasteiger partial charge in [0.15, 0.2) is 0 Å². The van der Waals surface area contributed by atoms with Gasteiger partial charge in [0.2, 0.25) is 0 Å². The van der Waals surface area contributed by atoms with Crippen LogP contribution < -0.4 is 0 Å². The molecule has 118 valence electrons. The molecule has 0 N–H and O–H groups in total. The molecule has 2 spiro atoms. The van der Waals surface area contributed by atoms with Crippen LogP contribution in [-0.4, -0.2) is 49.1 Å².